The number of rotatable bonds is 1. The average molecular weight is 394 g/mol. The first-order valence-corrected chi connectivity index (χ1v) is 11.3. The molecular formula is C27H23NS. The molecule has 2 atom stereocenters. The Morgan fingerprint density at radius 3 is 2.24 bits per heavy atom. The highest BCUT2D eigenvalue weighted by Gasteiger charge is 2.23. The molecule has 2 aromatic heterocycles. The Hall–Kier alpha value is -2.71. The molecule has 1 aliphatic carbocycles. The lowest BCUT2D eigenvalue weighted by Gasteiger charge is -2.27. The van der Waals surface area contributed by atoms with Crippen molar-refractivity contribution in [2.75, 3.05) is 0 Å². The molecule has 0 fully saturated rings. The third kappa shape index (κ3) is 2.63. The molecule has 2 unspecified atom stereocenters. The van der Waals surface area contributed by atoms with E-state index in [9.17, 15) is 0 Å². The molecule has 2 heteroatoms. The summed E-state index contributed by atoms with van der Waals surface area (Å²) in [5.41, 5.74) is 5.38. The molecule has 0 amide bonds. The fourth-order valence-corrected chi connectivity index (χ4v) is 6.18. The fourth-order valence-electron chi connectivity index (χ4n) is 5.01. The van der Waals surface area contributed by atoms with Gasteiger partial charge in [-0.1, -0.05) is 44.2 Å². The zero-order valence-electron chi connectivity index (χ0n) is 16.8. The Bertz CT molecular complexity index is 1380. The summed E-state index contributed by atoms with van der Waals surface area (Å²) in [4.78, 5) is 4.74. The van der Waals surface area contributed by atoms with E-state index in [2.05, 4.69) is 74.5 Å². The molecule has 5 aromatic rings. The van der Waals surface area contributed by atoms with E-state index in [1.54, 1.807) is 11.1 Å². The van der Waals surface area contributed by atoms with Crippen molar-refractivity contribution in [3.05, 3.63) is 78.0 Å². The van der Waals surface area contributed by atoms with E-state index >= 15 is 0 Å². The summed E-state index contributed by atoms with van der Waals surface area (Å²) in [6, 6.07) is 22.4. The quantitative estimate of drug-likeness (QED) is 0.279. The summed E-state index contributed by atoms with van der Waals surface area (Å²) >= 11 is 1.93. The topological polar surface area (TPSA) is 12.9 Å². The van der Waals surface area contributed by atoms with Crippen molar-refractivity contribution in [2.24, 2.45) is 0 Å². The molecule has 0 bridgehead atoms. The van der Waals surface area contributed by atoms with E-state index in [1.165, 1.54) is 49.3 Å². The highest BCUT2D eigenvalue weighted by Crippen LogP contribution is 2.45. The van der Waals surface area contributed by atoms with Gasteiger partial charge in [-0.25, -0.2) is 0 Å². The van der Waals surface area contributed by atoms with Gasteiger partial charge in [0.05, 0.1) is 5.69 Å². The van der Waals surface area contributed by atoms with Crippen molar-refractivity contribution in [3.8, 4) is 11.3 Å². The van der Waals surface area contributed by atoms with Crippen LogP contribution in [-0.4, -0.2) is 4.98 Å². The number of hydrogen-bond donors (Lipinski definition) is 0. The molecule has 3 aromatic carbocycles. The van der Waals surface area contributed by atoms with Crippen LogP contribution in [0.3, 0.4) is 0 Å². The van der Waals surface area contributed by atoms with Crippen LogP contribution in [0.4, 0.5) is 0 Å². The standard InChI is InChI=1S/C27H23NS/c1-16-8-9-17(2)21-15-26-23(13-20(16)21)24-14-22-19(12-25(24)29-26)10-11-28-27(22)18-6-4-3-5-7-18/h3-7,10-17H,8-9H2,1-2H3. The molecule has 29 heavy (non-hydrogen) atoms. The zero-order chi connectivity index (χ0) is 19.5. The monoisotopic (exact) mass is 393 g/mol. The first-order valence-electron chi connectivity index (χ1n) is 10.5. The van der Waals surface area contributed by atoms with Crippen molar-refractivity contribution >= 4 is 42.3 Å². The Kier molecular flexibility index (Phi) is 3.79. The van der Waals surface area contributed by atoms with E-state index in [4.69, 9.17) is 4.98 Å². The second-order valence-corrected chi connectivity index (χ2v) is 9.64. The number of nitrogens with zero attached hydrogens (tertiary/aromatic N) is 1. The van der Waals surface area contributed by atoms with Crippen LogP contribution >= 0.6 is 11.3 Å². The van der Waals surface area contributed by atoms with E-state index < -0.39 is 0 Å². The summed E-state index contributed by atoms with van der Waals surface area (Å²) in [6.07, 6.45) is 4.54. The normalized spacial score (nSPS) is 19.1. The smallest absolute Gasteiger partial charge is 0.0780 e. The minimum Gasteiger partial charge on any atom is -0.256 e. The first-order chi connectivity index (χ1) is 14.2. The Morgan fingerprint density at radius 2 is 1.45 bits per heavy atom. The first kappa shape index (κ1) is 17.2. The van der Waals surface area contributed by atoms with Gasteiger partial charge < -0.3 is 0 Å². The number of pyridine rings is 1. The number of fused-ring (bicyclic) bond motifs is 5. The summed E-state index contributed by atoms with van der Waals surface area (Å²) in [7, 11) is 0. The van der Waals surface area contributed by atoms with Gasteiger partial charge in [-0.3, -0.25) is 4.98 Å². The van der Waals surface area contributed by atoms with Crippen LogP contribution in [0.25, 0.3) is 42.2 Å². The second-order valence-electron chi connectivity index (χ2n) is 8.55. The Morgan fingerprint density at radius 1 is 0.759 bits per heavy atom. The number of aromatic nitrogens is 1. The van der Waals surface area contributed by atoms with Crippen LogP contribution in [0, 0.1) is 0 Å². The molecule has 0 spiro atoms. The van der Waals surface area contributed by atoms with Crippen LogP contribution in [-0.2, 0) is 0 Å². The predicted molar refractivity (Wildman–Crippen MR) is 126 cm³/mol. The molecule has 0 N–H and O–H groups in total. The molecule has 1 aliphatic rings. The number of thiophene rings is 1. The molecule has 0 aliphatic heterocycles. The van der Waals surface area contributed by atoms with Gasteiger partial charge >= 0.3 is 0 Å². The maximum absolute atomic E-state index is 4.74. The number of hydrogen-bond acceptors (Lipinski definition) is 2. The largest absolute Gasteiger partial charge is 0.256 e. The zero-order valence-corrected chi connectivity index (χ0v) is 17.6. The highest BCUT2D eigenvalue weighted by atomic mass is 32.1. The lowest BCUT2D eigenvalue weighted by Crippen LogP contribution is -2.10. The SMILES string of the molecule is CC1CCC(C)c2cc3c(cc21)sc1cc2ccnc(-c4ccccc4)c2cc13. The third-order valence-corrected chi connectivity index (χ3v) is 7.82. The summed E-state index contributed by atoms with van der Waals surface area (Å²) in [5.74, 6) is 1.33. The molecule has 1 nitrogen and oxygen atoms in total. The van der Waals surface area contributed by atoms with Gasteiger partial charge in [0.25, 0.3) is 0 Å². The maximum Gasteiger partial charge on any atom is 0.0780 e. The molecule has 0 saturated heterocycles. The Labute approximate surface area is 175 Å². The van der Waals surface area contributed by atoms with Crippen LogP contribution in [0.2, 0.25) is 0 Å². The van der Waals surface area contributed by atoms with Crippen LogP contribution in [0.15, 0.2) is 66.9 Å². The van der Waals surface area contributed by atoms with E-state index in [-0.39, 0.29) is 0 Å². The van der Waals surface area contributed by atoms with Crippen LogP contribution in [0.1, 0.15) is 49.7 Å². The average Bonchev–Trinajstić information content (AvgIpc) is 3.10. The van der Waals surface area contributed by atoms with Gasteiger partial charge in [0, 0.05) is 37.3 Å². The molecule has 0 saturated carbocycles. The minimum absolute atomic E-state index is 0.655. The second kappa shape index (κ2) is 6.40. The third-order valence-electron chi connectivity index (χ3n) is 6.70. The molecular weight excluding hydrogens is 370 g/mol. The van der Waals surface area contributed by atoms with Crippen molar-refractivity contribution in [3.63, 3.8) is 0 Å². The van der Waals surface area contributed by atoms with Gasteiger partial charge in [0.15, 0.2) is 0 Å². The van der Waals surface area contributed by atoms with Gasteiger partial charge in [-0.05, 0) is 71.5 Å². The molecule has 6 rings (SSSR count). The van der Waals surface area contributed by atoms with Crippen molar-refractivity contribution < 1.29 is 0 Å². The van der Waals surface area contributed by atoms with Gasteiger partial charge in [-0.2, -0.15) is 0 Å². The lowest BCUT2D eigenvalue weighted by molar-refractivity contribution is 0.528. The maximum atomic E-state index is 4.74. The fraction of sp³-hybridized carbons (Fsp3) is 0.222. The van der Waals surface area contributed by atoms with Gasteiger partial charge in [-0.15, -0.1) is 11.3 Å². The predicted octanol–water partition coefficient (Wildman–Crippen LogP) is 8.27. The van der Waals surface area contributed by atoms with Gasteiger partial charge in [0.1, 0.15) is 0 Å². The van der Waals surface area contributed by atoms with Gasteiger partial charge in [0.2, 0.25) is 0 Å². The van der Waals surface area contributed by atoms with Crippen molar-refractivity contribution in [2.45, 2.75) is 38.5 Å². The molecule has 142 valence electrons. The molecule has 2 heterocycles. The van der Waals surface area contributed by atoms with Crippen LogP contribution < -0.4 is 0 Å². The summed E-state index contributed by atoms with van der Waals surface area (Å²) < 4.78 is 2.80. The van der Waals surface area contributed by atoms with Crippen LogP contribution in [0.5, 0.6) is 0 Å². The molecule has 0 radical (unpaired) electrons. The summed E-state index contributed by atoms with van der Waals surface area (Å²) in [6.45, 7) is 4.77. The Balaban J connectivity index is 1.67. The highest BCUT2D eigenvalue weighted by molar-refractivity contribution is 7.25. The van der Waals surface area contributed by atoms with E-state index in [1.807, 2.05) is 17.5 Å². The van der Waals surface area contributed by atoms with Crippen molar-refractivity contribution in [1.29, 1.82) is 0 Å². The van der Waals surface area contributed by atoms with E-state index in [0.29, 0.717) is 11.8 Å². The minimum atomic E-state index is 0.655. The van der Waals surface area contributed by atoms with E-state index in [0.717, 1.165) is 5.69 Å². The number of benzene rings is 3. The lowest BCUT2D eigenvalue weighted by atomic mass is 9.78. The van der Waals surface area contributed by atoms with Crippen molar-refractivity contribution in [1.82, 2.24) is 4.98 Å². The summed E-state index contributed by atoms with van der Waals surface area (Å²) in [5, 5.41) is 5.29.